The molecule has 0 spiro atoms. The second kappa shape index (κ2) is 7.88. The number of carbonyl (C=O) groups excluding carboxylic acids is 1. The van der Waals surface area contributed by atoms with Gasteiger partial charge in [-0.2, -0.15) is 0 Å². The maximum Gasteiger partial charge on any atom is 0.222 e. The van der Waals surface area contributed by atoms with Crippen molar-refractivity contribution in [3.8, 4) is 0 Å². The third kappa shape index (κ3) is 5.32. The molecular formula is C15H24N2O. The number of hydrogen-bond acceptors (Lipinski definition) is 2. The fourth-order valence-electron chi connectivity index (χ4n) is 1.96. The van der Waals surface area contributed by atoms with E-state index < -0.39 is 0 Å². The average molecular weight is 248 g/mol. The SMILES string of the molecule is Cc1cccc(CN(C)C(=O)CCCCCN)c1. The molecule has 100 valence electrons. The van der Waals surface area contributed by atoms with Gasteiger partial charge in [0, 0.05) is 20.0 Å². The summed E-state index contributed by atoms with van der Waals surface area (Å²) in [5.41, 5.74) is 7.85. The van der Waals surface area contributed by atoms with Gasteiger partial charge in [0.15, 0.2) is 0 Å². The molecule has 1 aromatic rings. The smallest absolute Gasteiger partial charge is 0.222 e. The lowest BCUT2D eigenvalue weighted by molar-refractivity contribution is -0.130. The fraction of sp³-hybridized carbons (Fsp3) is 0.533. The number of rotatable bonds is 7. The number of hydrogen-bond donors (Lipinski definition) is 1. The number of amides is 1. The molecule has 1 amide bonds. The van der Waals surface area contributed by atoms with Gasteiger partial charge >= 0.3 is 0 Å². The summed E-state index contributed by atoms with van der Waals surface area (Å²) >= 11 is 0. The summed E-state index contributed by atoms with van der Waals surface area (Å²) < 4.78 is 0. The molecule has 0 fully saturated rings. The quantitative estimate of drug-likeness (QED) is 0.753. The minimum atomic E-state index is 0.216. The Morgan fingerprint density at radius 2 is 2.06 bits per heavy atom. The Hall–Kier alpha value is -1.35. The highest BCUT2D eigenvalue weighted by atomic mass is 16.2. The van der Waals surface area contributed by atoms with Crippen molar-refractivity contribution in [2.45, 2.75) is 39.2 Å². The van der Waals surface area contributed by atoms with E-state index in [2.05, 4.69) is 25.1 Å². The van der Waals surface area contributed by atoms with E-state index in [1.54, 1.807) is 4.90 Å². The first kappa shape index (κ1) is 14.7. The first-order chi connectivity index (χ1) is 8.63. The molecule has 0 aliphatic rings. The van der Waals surface area contributed by atoms with Crippen molar-refractivity contribution >= 4 is 5.91 Å². The van der Waals surface area contributed by atoms with Crippen LogP contribution in [-0.2, 0) is 11.3 Å². The van der Waals surface area contributed by atoms with Crippen molar-refractivity contribution in [1.82, 2.24) is 4.90 Å². The van der Waals surface area contributed by atoms with Gasteiger partial charge in [-0.25, -0.2) is 0 Å². The fourth-order valence-corrected chi connectivity index (χ4v) is 1.96. The van der Waals surface area contributed by atoms with E-state index in [1.165, 1.54) is 11.1 Å². The Kier molecular flexibility index (Phi) is 6.44. The molecule has 0 bridgehead atoms. The highest BCUT2D eigenvalue weighted by molar-refractivity contribution is 5.75. The molecule has 0 saturated carbocycles. The first-order valence-corrected chi connectivity index (χ1v) is 6.63. The second-order valence-electron chi connectivity index (χ2n) is 4.84. The third-order valence-electron chi connectivity index (χ3n) is 3.02. The molecule has 0 saturated heterocycles. The molecule has 18 heavy (non-hydrogen) atoms. The zero-order valence-electron chi connectivity index (χ0n) is 11.5. The summed E-state index contributed by atoms with van der Waals surface area (Å²) in [6.45, 7) is 3.48. The Morgan fingerprint density at radius 1 is 1.28 bits per heavy atom. The number of nitrogens with two attached hydrogens (primary N) is 1. The Bertz CT molecular complexity index is 377. The van der Waals surface area contributed by atoms with Crippen molar-refractivity contribution in [2.75, 3.05) is 13.6 Å². The van der Waals surface area contributed by atoms with Crippen LogP contribution in [0.25, 0.3) is 0 Å². The van der Waals surface area contributed by atoms with Crippen LogP contribution in [0.3, 0.4) is 0 Å². The normalized spacial score (nSPS) is 10.4. The van der Waals surface area contributed by atoms with Gasteiger partial charge in [-0.15, -0.1) is 0 Å². The number of unbranched alkanes of at least 4 members (excludes halogenated alkanes) is 2. The van der Waals surface area contributed by atoms with Gasteiger partial charge in [-0.1, -0.05) is 36.2 Å². The maximum absolute atomic E-state index is 11.9. The van der Waals surface area contributed by atoms with E-state index >= 15 is 0 Å². The van der Waals surface area contributed by atoms with Crippen molar-refractivity contribution in [3.63, 3.8) is 0 Å². The summed E-state index contributed by atoms with van der Waals surface area (Å²) in [5.74, 6) is 0.216. The minimum absolute atomic E-state index is 0.216. The molecule has 0 aliphatic heterocycles. The lowest BCUT2D eigenvalue weighted by Crippen LogP contribution is -2.25. The van der Waals surface area contributed by atoms with Crippen molar-refractivity contribution in [2.24, 2.45) is 5.73 Å². The number of carbonyl (C=O) groups is 1. The topological polar surface area (TPSA) is 46.3 Å². The molecule has 0 radical (unpaired) electrons. The Morgan fingerprint density at radius 3 is 2.72 bits per heavy atom. The van der Waals surface area contributed by atoms with Crippen LogP contribution in [0.4, 0.5) is 0 Å². The van der Waals surface area contributed by atoms with E-state index in [1.807, 2.05) is 13.1 Å². The lowest BCUT2D eigenvalue weighted by atomic mass is 10.1. The molecule has 0 atom stereocenters. The minimum Gasteiger partial charge on any atom is -0.341 e. The van der Waals surface area contributed by atoms with Crippen LogP contribution in [0, 0.1) is 6.92 Å². The van der Waals surface area contributed by atoms with Crippen LogP contribution in [0.15, 0.2) is 24.3 Å². The first-order valence-electron chi connectivity index (χ1n) is 6.63. The molecule has 0 unspecified atom stereocenters. The predicted molar refractivity (Wildman–Crippen MR) is 75.2 cm³/mol. The van der Waals surface area contributed by atoms with Crippen LogP contribution in [0.1, 0.15) is 36.8 Å². The van der Waals surface area contributed by atoms with E-state index in [4.69, 9.17) is 5.73 Å². The van der Waals surface area contributed by atoms with Crippen molar-refractivity contribution < 1.29 is 4.79 Å². The van der Waals surface area contributed by atoms with Gasteiger partial charge < -0.3 is 10.6 Å². The third-order valence-corrected chi connectivity index (χ3v) is 3.02. The van der Waals surface area contributed by atoms with E-state index in [-0.39, 0.29) is 5.91 Å². The second-order valence-corrected chi connectivity index (χ2v) is 4.84. The van der Waals surface area contributed by atoms with Crippen LogP contribution in [-0.4, -0.2) is 24.4 Å². The summed E-state index contributed by atoms with van der Waals surface area (Å²) in [5, 5.41) is 0. The molecule has 0 aliphatic carbocycles. The molecule has 0 heterocycles. The van der Waals surface area contributed by atoms with Gasteiger partial charge in [0.1, 0.15) is 0 Å². The monoisotopic (exact) mass is 248 g/mol. The van der Waals surface area contributed by atoms with E-state index in [9.17, 15) is 4.79 Å². The maximum atomic E-state index is 11.9. The van der Waals surface area contributed by atoms with Crippen molar-refractivity contribution in [1.29, 1.82) is 0 Å². The van der Waals surface area contributed by atoms with Crippen LogP contribution < -0.4 is 5.73 Å². The number of benzene rings is 1. The molecule has 3 heteroatoms. The summed E-state index contributed by atoms with van der Waals surface area (Å²) in [7, 11) is 1.87. The van der Waals surface area contributed by atoms with Gasteiger partial charge in [-0.3, -0.25) is 4.79 Å². The zero-order chi connectivity index (χ0) is 13.4. The highest BCUT2D eigenvalue weighted by Gasteiger charge is 2.08. The molecule has 2 N–H and O–H groups in total. The molecule has 1 aromatic carbocycles. The van der Waals surface area contributed by atoms with Gasteiger partial charge in [0.2, 0.25) is 5.91 Å². The molecule has 1 rings (SSSR count). The predicted octanol–water partition coefficient (Wildman–Crippen LogP) is 2.47. The van der Waals surface area contributed by atoms with Crippen molar-refractivity contribution in [3.05, 3.63) is 35.4 Å². The van der Waals surface area contributed by atoms with Crippen LogP contribution in [0.5, 0.6) is 0 Å². The number of nitrogens with zero attached hydrogens (tertiary/aromatic N) is 1. The summed E-state index contributed by atoms with van der Waals surface area (Å²) in [4.78, 5) is 13.7. The lowest BCUT2D eigenvalue weighted by Gasteiger charge is -2.17. The Balaban J connectivity index is 2.35. The summed E-state index contributed by atoms with van der Waals surface area (Å²) in [6.07, 6.45) is 3.62. The summed E-state index contributed by atoms with van der Waals surface area (Å²) in [6, 6.07) is 8.28. The van der Waals surface area contributed by atoms with E-state index in [0.717, 1.165) is 19.3 Å². The van der Waals surface area contributed by atoms with Gasteiger partial charge in [0.25, 0.3) is 0 Å². The van der Waals surface area contributed by atoms with Crippen LogP contribution in [0.2, 0.25) is 0 Å². The average Bonchev–Trinajstić information content (AvgIpc) is 2.34. The molecule has 0 aromatic heterocycles. The Labute approximate surface area is 110 Å². The van der Waals surface area contributed by atoms with Gasteiger partial charge in [0.05, 0.1) is 0 Å². The highest BCUT2D eigenvalue weighted by Crippen LogP contribution is 2.09. The molecular weight excluding hydrogens is 224 g/mol. The largest absolute Gasteiger partial charge is 0.341 e. The standard InChI is InChI=1S/C15H24N2O/c1-13-7-6-8-14(11-13)12-17(2)15(18)9-4-3-5-10-16/h6-8,11H,3-5,9-10,12,16H2,1-2H3. The molecule has 3 nitrogen and oxygen atoms in total. The number of aryl methyl sites for hydroxylation is 1. The van der Waals surface area contributed by atoms with Crippen LogP contribution >= 0.6 is 0 Å². The van der Waals surface area contributed by atoms with E-state index in [0.29, 0.717) is 19.5 Å². The zero-order valence-corrected chi connectivity index (χ0v) is 11.5. The van der Waals surface area contributed by atoms with Gasteiger partial charge in [-0.05, 0) is 31.9 Å².